The van der Waals surface area contributed by atoms with Gasteiger partial charge < -0.3 is 5.32 Å². The monoisotopic (exact) mass is 441 g/mol. The number of hydrogen-bond donors (Lipinski definition) is 1. The summed E-state index contributed by atoms with van der Waals surface area (Å²) in [5.41, 5.74) is 2.47. The molecule has 1 atom stereocenters. The number of nitrogens with zero attached hydrogens (tertiary/aromatic N) is 2. The third-order valence-corrected chi connectivity index (χ3v) is 5.62. The predicted molar refractivity (Wildman–Crippen MR) is 125 cm³/mol. The van der Waals surface area contributed by atoms with Crippen LogP contribution in [-0.2, 0) is 9.59 Å². The van der Waals surface area contributed by atoms with Gasteiger partial charge in [-0.2, -0.15) is 0 Å². The molecule has 7 nitrogen and oxygen atoms in total. The topological polar surface area (TPSA) is 86.8 Å². The van der Waals surface area contributed by atoms with E-state index in [1.165, 1.54) is 4.90 Å². The number of aryl methyl sites for hydroxylation is 1. The van der Waals surface area contributed by atoms with Crippen molar-refractivity contribution >= 4 is 35.0 Å². The zero-order valence-corrected chi connectivity index (χ0v) is 18.3. The average molecular weight is 441 g/mol. The average Bonchev–Trinajstić information content (AvgIpc) is 3.06. The molecule has 0 saturated heterocycles. The lowest BCUT2D eigenvalue weighted by molar-refractivity contribution is -0.123. The van der Waals surface area contributed by atoms with Gasteiger partial charge in [-0.15, -0.1) is 0 Å². The maximum absolute atomic E-state index is 13.5. The Balaban J connectivity index is 1.62. The lowest BCUT2D eigenvalue weighted by Crippen LogP contribution is -2.50. The number of amides is 4. The Bertz CT molecular complexity index is 1200. The number of imide groups is 1. The molecule has 0 spiro atoms. The molecule has 1 aliphatic rings. The summed E-state index contributed by atoms with van der Waals surface area (Å²) < 4.78 is 0. The molecule has 0 bridgehead atoms. The molecule has 1 heterocycles. The molecule has 4 rings (SSSR count). The summed E-state index contributed by atoms with van der Waals surface area (Å²) in [6.07, 6.45) is 0. The standard InChI is InChI=1S/C26H23N3O4/c1-17-10-6-9-15-22(17)29(18(2)24(31)27-19-11-4-3-5-12-19)23(30)16-28-25(32)20-13-7-8-14-21(20)26(28)33/h3-15,18H,16H2,1-2H3,(H,27,31). The second-order valence-electron chi connectivity index (χ2n) is 7.82. The molecule has 33 heavy (non-hydrogen) atoms. The summed E-state index contributed by atoms with van der Waals surface area (Å²) >= 11 is 0. The van der Waals surface area contributed by atoms with Gasteiger partial charge >= 0.3 is 0 Å². The number of benzene rings is 3. The van der Waals surface area contributed by atoms with E-state index in [1.54, 1.807) is 67.6 Å². The van der Waals surface area contributed by atoms with E-state index in [0.717, 1.165) is 10.5 Å². The number of fused-ring (bicyclic) bond motifs is 1. The van der Waals surface area contributed by atoms with Crippen molar-refractivity contribution < 1.29 is 19.2 Å². The minimum atomic E-state index is -0.894. The van der Waals surface area contributed by atoms with E-state index >= 15 is 0 Å². The maximum atomic E-state index is 13.5. The van der Waals surface area contributed by atoms with Crippen LogP contribution in [0.3, 0.4) is 0 Å². The number of para-hydroxylation sites is 2. The van der Waals surface area contributed by atoms with Gasteiger partial charge in [0, 0.05) is 11.4 Å². The van der Waals surface area contributed by atoms with E-state index in [9.17, 15) is 19.2 Å². The number of hydrogen-bond acceptors (Lipinski definition) is 4. The fraction of sp³-hybridized carbons (Fsp3) is 0.154. The van der Waals surface area contributed by atoms with Gasteiger partial charge in [0.15, 0.2) is 0 Å². The lowest BCUT2D eigenvalue weighted by atomic mass is 10.1. The van der Waals surface area contributed by atoms with E-state index in [0.29, 0.717) is 11.4 Å². The molecule has 1 unspecified atom stereocenters. The first kappa shape index (κ1) is 22.0. The van der Waals surface area contributed by atoms with Gasteiger partial charge in [0.2, 0.25) is 11.8 Å². The molecular formula is C26H23N3O4. The maximum Gasteiger partial charge on any atom is 0.262 e. The highest BCUT2D eigenvalue weighted by Gasteiger charge is 2.38. The van der Waals surface area contributed by atoms with Gasteiger partial charge in [-0.3, -0.25) is 29.0 Å². The summed E-state index contributed by atoms with van der Waals surface area (Å²) in [6, 6.07) is 21.7. The first-order valence-corrected chi connectivity index (χ1v) is 10.6. The molecule has 0 saturated carbocycles. The third-order valence-electron chi connectivity index (χ3n) is 5.62. The quantitative estimate of drug-likeness (QED) is 0.592. The van der Waals surface area contributed by atoms with Gasteiger partial charge in [-0.05, 0) is 49.7 Å². The Labute approximate surface area is 191 Å². The molecule has 0 aromatic heterocycles. The minimum absolute atomic E-state index is 0.271. The third kappa shape index (κ3) is 4.25. The van der Waals surface area contributed by atoms with Crippen molar-refractivity contribution in [2.45, 2.75) is 19.9 Å². The van der Waals surface area contributed by atoms with E-state index < -0.39 is 30.3 Å². The normalized spacial score (nSPS) is 13.5. The van der Waals surface area contributed by atoms with Crippen molar-refractivity contribution in [3.63, 3.8) is 0 Å². The molecular weight excluding hydrogens is 418 g/mol. The largest absolute Gasteiger partial charge is 0.324 e. The van der Waals surface area contributed by atoms with Crippen molar-refractivity contribution in [1.82, 2.24) is 4.90 Å². The first-order valence-electron chi connectivity index (χ1n) is 10.6. The highest BCUT2D eigenvalue weighted by molar-refractivity contribution is 6.23. The second kappa shape index (κ2) is 9.08. The van der Waals surface area contributed by atoms with E-state index in [1.807, 2.05) is 25.1 Å². The molecule has 4 amide bonds. The fourth-order valence-electron chi connectivity index (χ4n) is 3.87. The summed E-state index contributed by atoms with van der Waals surface area (Å²) in [4.78, 5) is 54.3. The molecule has 0 fully saturated rings. The molecule has 0 aliphatic carbocycles. The van der Waals surface area contributed by atoms with E-state index in [-0.39, 0.29) is 17.0 Å². The zero-order valence-electron chi connectivity index (χ0n) is 18.3. The van der Waals surface area contributed by atoms with Crippen LogP contribution in [0.15, 0.2) is 78.9 Å². The van der Waals surface area contributed by atoms with Gasteiger partial charge in [-0.1, -0.05) is 48.5 Å². The molecule has 3 aromatic carbocycles. The Kier molecular flexibility index (Phi) is 6.04. The zero-order chi connectivity index (χ0) is 23.5. The molecule has 1 aliphatic heterocycles. The Hall–Kier alpha value is -4.26. The van der Waals surface area contributed by atoms with Crippen LogP contribution in [0.4, 0.5) is 11.4 Å². The number of carbonyl (C=O) groups is 4. The van der Waals surface area contributed by atoms with Crippen molar-refractivity contribution in [2.24, 2.45) is 0 Å². The van der Waals surface area contributed by atoms with Crippen LogP contribution in [0.25, 0.3) is 0 Å². The van der Waals surface area contributed by atoms with Gasteiger partial charge in [0.25, 0.3) is 11.8 Å². The van der Waals surface area contributed by atoms with Crippen LogP contribution < -0.4 is 10.2 Å². The van der Waals surface area contributed by atoms with Crippen LogP contribution in [0.2, 0.25) is 0 Å². The van der Waals surface area contributed by atoms with Crippen molar-refractivity contribution in [2.75, 3.05) is 16.8 Å². The first-order chi connectivity index (χ1) is 15.9. The molecule has 3 aromatic rings. The van der Waals surface area contributed by atoms with E-state index in [4.69, 9.17) is 0 Å². The van der Waals surface area contributed by atoms with Crippen molar-refractivity contribution in [3.8, 4) is 0 Å². The molecule has 166 valence electrons. The molecule has 0 radical (unpaired) electrons. The second-order valence-corrected chi connectivity index (χ2v) is 7.82. The van der Waals surface area contributed by atoms with Crippen LogP contribution in [0.5, 0.6) is 0 Å². The number of carbonyl (C=O) groups excluding carboxylic acids is 4. The SMILES string of the molecule is Cc1ccccc1N(C(=O)CN1C(=O)c2ccccc2C1=O)C(C)C(=O)Nc1ccccc1. The Morgan fingerprint density at radius 2 is 1.39 bits per heavy atom. The number of anilines is 2. The van der Waals surface area contributed by atoms with Crippen LogP contribution in [0.1, 0.15) is 33.2 Å². The highest BCUT2D eigenvalue weighted by Crippen LogP contribution is 2.26. The smallest absolute Gasteiger partial charge is 0.262 e. The van der Waals surface area contributed by atoms with Gasteiger partial charge in [-0.25, -0.2) is 0 Å². The summed E-state index contributed by atoms with van der Waals surface area (Å²) in [5, 5.41) is 2.81. The molecule has 1 N–H and O–H groups in total. The molecule has 7 heteroatoms. The summed E-state index contributed by atoms with van der Waals surface area (Å²) in [7, 11) is 0. The van der Waals surface area contributed by atoms with Crippen molar-refractivity contribution in [1.29, 1.82) is 0 Å². The number of nitrogens with one attached hydrogen (secondary N) is 1. The van der Waals surface area contributed by atoms with Gasteiger partial charge in [0.1, 0.15) is 12.6 Å². The van der Waals surface area contributed by atoms with Gasteiger partial charge in [0.05, 0.1) is 11.1 Å². The summed E-state index contributed by atoms with van der Waals surface area (Å²) in [6.45, 7) is 2.98. The lowest BCUT2D eigenvalue weighted by Gasteiger charge is -2.31. The Morgan fingerprint density at radius 3 is 2.00 bits per heavy atom. The van der Waals surface area contributed by atoms with Crippen LogP contribution >= 0.6 is 0 Å². The van der Waals surface area contributed by atoms with Crippen LogP contribution in [-0.4, -0.2) is 41.1 Å². The van der Waals surface area contributed by atoms with Crippen molar-refractivity contribution in [3.05, 3.63) is 95.6 Å². The highest BCUT2D eigenvalue weighted by atomic mass is 16.2. The van der Waals surface area contributed by atoms with Crippen LogP contribution in [0, 0.1) is 6.92 Å². The fourth-order valence-corrected chi connectivity index (χ4v) is 3.87. The Morgan fingerprint density at radius 1 is 0.848 bits per heavy atom. The minimum Gasteiger partial charge on any atom is -0.324 e. The number of rotatable bonds is 6. The summed E-state index contributed by atoms with van der Waals surface area (Å²) in [5.74, 6) is -1.96. The predicted octanol–water partition coefficient (Wildman–Crippen LogP) is 3.65. The van der Waals surface area contributed by atoms with E-state index in [2.05, 4.69) is 5.32 Å².